The molecule has 0 aliphatic carbocycles. The first-order valence-electron chi connectivity index (χ1n) is 5.67. The normalized spacial score (nSPS) is 9.15. The lowest BCUT2D eigenvalue weighted by Gasteiger charge is -2.25. The molecule has 1 aromatic carbocycles. The van der Waals surface area contributed by atoms with Gasteiger partial charge in [0, 0.05) is 12.7 Å². The highest BCUT2D eigenvalue weighted by Crippen LogP contribution is 2.16. The third-order valence-corrected chi connectivity index (χ3v) is 2.53. The molecule has 6 nitrogen and oxygen atoms in total. The topological polar surface area (TPSA) is 84.6 Å². The van der Waals surface area contributed by atoms with Gasteiger partial charge in [0.25, 0.3) is 0 Å². The lowest BCUT2D eigenvalue weighted by Crippen LogP contribution is -2.44. The molecule has 0 fully saturated rings. The third kappa shape index (κ3) is 3.76. The van der Waals surface area contributed by atoms with E-state index in [0.717, 1.165) is 4.90 Å². The number of hydrogen-bond donors (Lipinski definition) is 1. The maximum Gasteiger partial charge on any atom is 0.325 e. The Labute approximate surface area is 116 Å². The minimum absolute atomic E-state index is 0.104. The van der Waals surface area contributed by atoms with Crippen LogP contribution in [0.25, 0.3) is 0 Å². The van der Waals surface area contributed by atoms with Gasteiger partial charge >= 0.3 is 12.0 Å². The van der Waals surface area contributed by atoms with Crippen molar-refractivity contribution in [1.29, 1.82) is 5.26 Å². The summed E-state index contributed by atoms with van der Waals surface area (Å²) in [5.41, 5.74) is 0.894. The molecular formula is C14H13N3O3. The highest BCUT2D eigenvalue weighted by Gasteiger charge is 2.20. The van der Waals surface area contributed by atoms with Crippen LogP contribution >= 0.6 is 0 Å². The maximum atomic E-state index is 12.2. The van der Waals surface area contributed by atoms with Crippen LogP contribution in [0.4, 0.5) is 10.5 Å². The molecule has 1 aromatic rings. The molecule has 1 N–H and O–H groups in total. The molecule has 6 heteroatoms. The summed E-state index contributed by atoms with van der Waals surface area (Å²) in [6.07, 6.45) is 5.13. The number of carbonyl (C=O) groups is 2. The van der Waals surface area contributed by atoms with Crippen molar-refractivity contribution in [3.05, 3.63) is 29.8 Å². The van der Waals surface area contributed by atoms with E-state index in [1.807, 2.05) is 6.07 Å². The molecule has 0 saturated heterocycles. The number of amides is 2. The van der Waals surface area contributed by atoms with Crippen LogP contribution in [0.3, 0.4) is 0 Å². The maximum absolute atomic E-state index is 12.2. The van der Waals surface area contributed by atoms with Crippen molar-refractivity contribution in [1.82, 2.24) is 4.90 Å². The predicted octanol–water partition coefficient (Wildman–Crippen LogP) is 1.13. The van der Waals surface area contributed by atoms with Crippen LogP contribution in [0.5, 0.6) is 0 Å². The number of aliphatic carboxylic acids is 1. The van der Waals surface area contributed by atoms with Crippen LogP contribution in [0.1, 0.15) is 5.56 Å². The number of rotatable bonds is 4. The number of urea groups is 1. The highest BCUT2D eigenvalue weighted by atomic mass is 16.4. The van der Waals surface area contributed by atoms with Crippen LogP contribution in [0.2, 0.25) is 0 Å². The number of nitrogens with zero attached hydrogens (tertiary/aromatic N) is 3. The highest BCUT2D eigenvalue weighted by molar-refractivity contribution is 5.93. The van der Waals surface area contributed by atoms with Gasteiger partial charge in [0.15, 0.2) is 0 Å². The Kier molecular flexibility index (Phi) is 5.13. The number of carboxylic acid groups (broad SMARTS) is 1. The Morgan fingerprint density at radius 1 is 1.45 bits per heavy atom. The molecule has 0 atom stereocenters. The van der Waals surface area contributed by atoms with E-state index < -0.39 is 18.5 Å². The van der Waals surface area contributed by atoms with Gasteiger partial charge in [-0.25, -0.2) is 4.79 Å². The van der Waals surface area contributed by atoms with Gasteiger partial charge < -0.3 is 10.0 Å². The fourth-order valence-corrected chi connectivity index (χ4v) is 1.57. The minimum Gasteiger partial charge on any atom is -0.480 e. The van der Waals surface area contributed by atoms with Crippen molar-refractivity contribution in [3.63, 3.8) is 0 Å². The van der Waals surface area contributed by atoms with Gasteiger partial charge in [-0.2, -0.15) is 5.26 Å². The van der Waals surface area contributed by atoms with E-state index in [1.54, 1.807) is 18.2 Å². The first-order valence-corrected chi connectivity index (χ1v) is 5.67. The second-order valence-electron chi connectivity index (χ2n) is 3.96. The zero-order valence-electron chi connectivity index (χ0n) is 10.9. The molecule has 0 spiro atoms. The van der Waals surface area contributed by atoms with Crippen LogP contribution in [-0.4, -0.2) is 42.1 Å². The lowest BCUT2D eigenvalue weighted by molar-refractivity contribution is -0.137. The molecule has 0 unspecified atom stereocenters. The van der Waals surface area contributed by atoms with Crippen molar-refractivity contribution >= 4 is 17.7 Å². The molecule has 0 saturated carbocycles. The zero-order chi connectivity index (χ0) is 15.1. The number of anilines is 1. The van der Waals surface area contributed by atoms with Gasteiger partial charge in [-0.3, -0.25) is 9.69 Å². The summed E-state index contributed by atoms with van der Waals surface area (Å²) in [4.78, 5) is 25.2. The number of carbonyl (C=O) groups excluding carboxylic acids is 1. The van der Waals surface area contributed by atoms with E-state index in [-0.39, 0.29) is 6.54 Å². The Morgan fingerprint density at radius 3 is 2.70 bits per heavy atom. The van der Waals surface area contributed by atoms with Gasteiger partial charge in [0.1, 0.15) is 6.54 Å². The van der Waals surface area contributed by atoms with Gasteiger partial charge in [-0.05, 0) is 18.2 Å². The van der Waals surface area contributed by atoms with Gasteiger partial charge in [-0.1, -0.05) is 12.0 Å². The first kappa shape index (κ1) is 15.1. The Morgan fingerprint density at radius 2 is 2.15 bits per heavy atom. The van der Waals surface area contributed by atoms with Crippen LogP contribution in [0.15, 0.2) is 24.3 Å². The minimum atomic E-state index is -1.15. The summed E-state index contributed by atoms with van der Waals surface area (Å²) >= 11 is 0. The summed E-state index contributed by atoms with van der Waals surface area (Å²) < 4.78 is 0. The molecule has 102 valence electrons. The van der Waals surface area contributed by atoms with Crippen molar-refractivity contribution in [2.45, 2.75) is 0 Å². The van der Waals surface area contributed by atoms with E-state index in [2.05, 4.69) is 5.92 Å². The quantitative estimate of drug-likeness (QED) is 0.832. The van der Waals surface area contributed by atoms with E-state index in [1.165, 1.54) is 18.0 Å². The number of nitriles is 1. The monoisotopic (exact) mass is 271 g/mol. The van der Waals surface area contributed by atoms with Crippen molar-refractivity contribution in [3.8, 4) is 18.4 Å². The number of benzene rings is 1. The molecule has 0 radical (unpaired) electrons. The molecule has 20 heavy (non-hydrogen) atoms. The van der Waals surface area contributed by atoms with Gasteiger partial charge in [0.2, 0.25) is 0 Å². The van der Waals surface area contributed by atoms with Crippen molar-refractivity contribution < 1.29 is 14.7 Å². The fourth-order valence-electron chi connectivity index (χ4n) is 1.57. The summed E-state index contributed by atoms with van der Waals surface area (Å²) in [6, 6.07) is 7.86. The summed E-state index contributed by atoms with van der Waals surface area (Å²) in [5, 5.41) is 17.6. The number of hydrogen-bond acceptors (Lipinski definition) is 3. The number of terminal acetylenes is 1. The smallest absolute Gasteiger partial charge is 0.325 e. The molecule has 0 aromatic heterocycles. The number of carboxylic acids is 1. The predicted molar refractivity (Wildman–Crippen MR) is 73.0 cm³/mol. The van der Waals surface area contributed by atoms with Gasteiger partial charge in [0.05, 0.1) is 18.2 Å². The summed E-state index contributed by atoms with van der Waals surface area (Å²) in [5.74, 6) is 1.10. The van der Waals surface area contributed by atoms with Crippen molar-refractivity contribution in [2.75, 3.05) is 25.0 Å². The SMILES string of the molecule is C#CCN(CC(=O)O)C(=O)N(C)c1cccc(C#N)c1. The second kappa shape index (κ2) is 6.81. The molecule has 0 aliphatic rings. The summed E-state index contributed by atoms with van der Waals surface area (Å²) in [7, 11) is 1.49. The molecular weight excluding hydrogens is 258 g/mol. The Hall–Kier alpha value is -2.99. The Bertz CT molecular complexity index is 598. The molecule has 2 amide bonds. The first-order chi connectivity index (χ1) is 9.49. The zero-order valence-corrected chi connectivity index (χ0v) is 10.9. The standard InChI is InChI=1S/C14H13N3O3/c1-3-7-17(10-13(18)19)14(20)16(2)12-6-4-5-11(8-12)9-15/h1,4-6,8H,7,10H2,2H3,(H,18,19). The largest absolute Gasteiger partial charge is 0.480 e. The van der Waals surface area contributed by atoms with Gasteiger partial charge in [-0.15, -0.1) is 6.42 Å². The summed E-state index contributed by atoms with van der Waals surface area (Å²) in [6.45, 7) is -0.585. The van der Waals surface area contributed by atoms with Crippen LogP contribution in [0, 0.1) is 23.7 Å². The molecule has 0 aliphatic heterocycles. The van der Waals surface area contributed by atoms with E-state index in [9.17, 15) is 9.59 Å². The fraction of sp³-hybridized carbons (Fsp3) is 0.214. The average Bonchev–Trinajstić information content (AvgIpc) is 2.45. The van der Waals surface area contributed by atoms with Crippen molar-refractivity contribution in [2.24, 2.45) is 0 Å². The van der Waals surface area contributed by atoms with Crippen LogP contribution in [-0.2, 0) is 4.79 Å². The molecule has 0 heterocycles. The third-order valence-electron chi connectivity index (χ3n) is 2.53. The second-order valence-corrected chi connectivity index (χ2v) is 3.96. The molecule has 0 bridgehead atoms. The average molecular weight is 271 g/mol. The van der Waals surface area contributed by atoms with E-state index >= 15 is 0 Å². The van der Waals surface area contributed by atoms with E-state index in [4.69, 9.17) is 16.8 Å². The van der Waals surface area contributed by atoms with E-state index in [0.29, 0.717) is 11.3 Å². The van der Waals surface area contributed by atoms with Crippen LogP contribution < -0.4 is 4.90 Å². The Balaban J connectivity index is 2.96. The molecule has 1 rings (SSSR count). The lowest BCUT2D eigenvalue weighted by atomic mass is 10.2.